The van der Waals surface area contributed by atoms with Crippen LogP contribution in [0.5, 0.6) is 0 Å². The molecule has 0 heterocycles. The Morgan fingerprint density at radius 1 is 1.37 bits per heavy atom. The Kier molecular flexibility index (Phi) is 4.58. The summed E-state index contributed by atoms with van der Waals surface area (Å²) in [7, 11) is -3.80. The topological polar surface area (TPSA) is 72.2 Å². The number of nitrogens with one attached hydrogen (secondary N) is 1. The molecule has 0 saturated carbocycles. The fraction of sp³-hybridized carbons (Fsp3) is 0.538. The van der Waals surface area contributed by atoms with Crippen molar-refractivity contribution in [3.8, 4) is 0 Å². The highest BCUT2D eigenvalue weighted by molar-refractivity contribution is 7.89. The molecule has 0 radical (unpaired) electrons. The lowest BCUT2D eigenvalue weighted by Gasteiger charge is -2.29. The minimum absolute atomic E-state index is 0.199. The van der Waals surface area contributed by atoms with Gasteiger partial charge in [-0.2, -0.15) is 0 Å². The first-order chi connectivity index (χ1) is 8.58. The highest BCUT2D eigenvalue weighted by Crippen LogP contribution is 2.26. The lowest BCUT2D eigenvalue weighted by atomic mass is 9.81. The summed E-state index contributed by atoms with van der Waals surface area (Å²) in [5, 5.41) is 0. The van der Waals surface area contributed by atoms with Gasteiger partial charge in [0.2, 0.25) is 10.0 Å². The normalized spacial score (nSPS) is 12.9. The van der Waals surface area contributed by atoms with Crippen molar-refractivity contribution in [2.24, 2.45) is 11.3 Å². The number of hydrogen-bond acceptors (Lipinski definition) is 3. The van der Waals surface area contributed by atoms with Gasteiger partial charge in [-0.15, -0.1) is 0 Å². The second-order valence-electron chi connectivity index (χ2n) is 5.62. The summed E-state index contributed by atoms with van der Waals surface area (Å²) < 4.78 is 40.0. The average molecular weight is 288 g/mol. The third kappa shape index (κ3) is 3.67. The fourth-order valence-corrected chi connectivity index (χ4v) is 2.68. The highest BCUT2D eigenvalue weighted by atomic mass is 32.2. The molecule has 4 nitrogen and oxygen atoms in total. The third-order valence-corrected chi connectivity index (χ3v) is 5.04. The number of nitrogen functional groups attached to an aromatic ring is 1. The summed E-state index contributed by atoms with van der Waals surface area (Å²) in [5.41, 5.74) is 4.92. The summed E-state index contributed by atoms with van der Waals surface area (Å²) >= 11 is 0. The second-order valence-corrected chi connectivity index (χ2v) is 7.35. The van der Waals surface area contributed by atoms with Gasteiger partial charge in [0.15, 0.2) is 0 Å². The molecule has 0 amide bonds. The molecule has 108 valence electrons. The zero-order valence-corrected chi connectivity index (χ0v) is 12.5. The molecule has 0 saturated heterocycles. The summed E-state index contributed by atoms with van der Waals surface area (Å²) in [6, 6.07) is 3.75. The predicted octanol–water partition coefficient (Wildman–Crippen LogP) is 2.37. The first kappa shape index (κ1) is 15.9. The number of nitrogens with two attached hydrogens (primary N) is 1. The molecule has 1 aromatic carbocycles. The molecule has 1 rings (SSSR count). The molecule has 0 aliphatic rings. The van der Waals surface area contributed by atoms with Crippen molar-refractivity contribution in [2.45, 2.75) is 32.6 Å². The van der Waals surface area contributed by atoms with Crippen LogP contribution in [-0.2, 0) is 10.0 Å². The number of benzene rings is 1. The van der Waals surface area contributed by atoms with E-state index in [1.807, 2.05) is 27.7 Å². The lowest BCUT2D eigenvalue weighted by Crippen LogP contribution is -2.37. The zero-order chi connectivity index (χ0) is 14.8. The first-order valence-corrected chi connectivity index (χ1v) is 7.60. The molecule has 0 aliphatic heterocycles. The smallest absolute Gasteiger partial charge is 0.242 e. The van der Waals surface area contributed by atoms with E-state index in [1.165, 1.54) is 12.1 Å². The van der Waals surface area contributed by atoms with E-state index < -0.39 is 15.8 Å². The van der Waals surface area contributed by atoms with Crippen LogP contribution in [0.3, 0.4) is 0 Å². The van der Waals surface area contributed by atoms with Gasteiger partial charge < -0.3 is 5.73 Å². The van der Waals surface area contributed by atoms with Crippen LogP contribution in [0.4, 0.5) is 10.1 Å². The van der Waals surface area contributed by atoms with Crippen molar-refractivity contribution < 1.29 is 12.8 Å². The van der Waals surface area contributed by atoms with Crippen molar-refractivity contribution >= 4 is 15.7 Å². The number of anilines is 1. The molecule has 0 aliphatic carbocycles. The molecular weight excluding hydrogens is 267 g/mol. The molecule has 0 aromatic heterocycles. The largest absolute Gasteiger partial charge is 0.395 e. The van der Waals surface area contributed by atoms with Gasteiger partial charge in [0.1, 0.15) is 10.7 Å². The van der Waals surface area contributed by atoms with Crippen molar-refractivity contribution in [1.29, 1.82) is 0 Å². The van der Waals surface area contributed by atoms with Crippen LogP contribution in [0, 0.1) is 17.2 Å². The van der Waals surface area contributed by atoms with Crippen molar-refractivity contribution in [1.82, 2.24) is 4.72 Å². The Hall–Kier alpha value is -1.14. The standard InChI is InChI=1S/C13H21FN2O2S/c1-9(2)13(3,4)8-16-19(17,18)11-7-5-6-10(14)12(11)15/h5-7,9,16H,8,15H2,1-4H3. The number of sulfonamides is 1. The molecular formula is C13H21FN2O2S. The van der Waals surface area contributed by atoms with Gasteiger partial charge in [-0.3, -0.25) is 0 Å². The Morgan fingerprint density at radius 2 is 1.95 bits per heavy atom. The van der Waals surface area contributed by atoms with Gasteiger partial charge in [-0.05, 0) is 23.5 Å². The summed E-state index contributed by atoms with van der Waals surface area (Å²) in [6.45, 7) is 8.24. The summed E-state index contributed by atoms with van der Waals surface area (Å²) in [5.74, 6) is -0.425. The van der Waals surface area contributed by atoms with E-state index >= 15 is 0 Å². The maximum atomic E-state index is 13.3. The molecule has 0 unspecified atom stereocenters. The van der Waals surface area contributed by atoms with Crippen LogP contribution in [-0.4, -0.2) is 15.0 Å². The molecule has 1 aromatic rings. The minimum atomic E-state index is -3.80. The van der Waals surface area contributed by atoms with E-state index in [0.29, 0.717) is 5.92 Å². The molecule has 0 atom stereocenters. The SMILES string of the molecule is CC(C)C(C)(C)CNS(=O)(=O)c1cccc(F)c1N. The van der Waals surface area contributed by atoms with E-state index in [0.717, 1.165) is 6.07 Å². The lowest BCUT2D eigenvalue weighted by molar-refractivity contribution is 0.252. The van der Waals surface area contributed by atoms with E-state index in [2.05, 4.69) is 4.72 Å². The van der Waals surface area contributed by atoms with Crippen LogP contribution in [0.15, 0.2) is 23.1 Å². The van der Waals surface area contributed by atoms with Gasteiger partial charge in [-0.1, -0.05) is 33.8 Å². The zero-order valence-electron chi connectivity index (χ0n) is 11.7. The Bertz CT molecular complexity index is 554. The molecule has 6 heteroatoms. The van der Waals surface area contributed by atoms with Crippen LogP contribution in [0.1, 0.15) is 27.7 Å². The predicted molar refractivity (Wildman–Crippen MR) is 74.6 cm³/mol. The number of para-hydroxylation sites is 1. The van der Waals surface area contributed by atoms with E-state index in [9.17, 15) is 12.8 Å². The summed E-state index contributed by atoms with van der Waals surface area (Å²) in [4.78, 5) is -0.216. The van der Waals surface area contributed by atoms with Gasteiger partial charge >= 0.3 is 0 Å². The molecule has 0 bridgehead atoms. The Balaban J connectivity index is 2.97. The minimum Gasteiger partial charge on any atom is -0.395 e. The Morgan fingerprint density at radius 3 is 2.47 bits per heavy atom. The van der Waals surface area contributed by atoms with Crippen LogP contribution >= 0.6 is 0 Å². The number of hydrogen-bond donors (Lipinski definition) is 2. The first-order valence-electron chi connectivity index (χ1n) is 6.11. The van der Waals surface area contributed by atoms with E-state index in [4.69, 9.17) is 5.73 Å². The Labute approximate surface area is 114 Å². The van der Waals surface area contributed by atoms with E-state index in [1.54, 1.807) is 0 Å². The summed E-state index contributed by atoms with van der Waals surface area (Å²) in [6.07, 6.45) is 0. The molecule has 19 heavy (non-hydrogen) atoms. The quantitative estimate of drug-likeness (QED) is 0.817. The van der Waals surface area contributed by atoms with Crippen molar-refractivity contribution in [2.75, 3.05) is 12.3 Å². The second kappa shape index (κ2) is 5.46. The molecule has 0 spiro atoms. The van der Waals surface area contributed by atoms with Gasteiger partial charge in [0, 0.05) is 6.54 Å². The molecule has 3 N–H and O–H groups in total. The number of halogens is 1. The number of rotatable bonds is 5. The maximum Gasteiger partial charge on any atom is 0.242 e. The van der Waals surface area contributed by atoms with Gasteiger partial charge in [-0.25, -0.2) is 17.5 Å². The molecule has 0 fully saturated rings. The maximum absolute atomic E-state index is 13.3. The average Bonchev–Trinajstić information content (AvgIpc) is 2.30. The van der Waals surface area contributed by atoms with Crippen molar-refractivity contribution in [3.63, 3.8) is 0 Å². The highest BCUT2D eigenvalue weighted by Gasteiger charge is 2.26. The van der Waals surface area contributed by atoms with E-state index in [-0.39, 0.29) is 22.5 Å². The van der Waals surface area contributed by atoms with Crippen LogP contribution in [0.2, 0.25) is 0 Å². The van der Waals surface area contributed by atoms with Crippen molar-refractivity contribution in [3.05, 3.63) is 24.0 Å². The third-order valence-electron chi connectivity index (χ3n) is 3.58. The van der Waals surface area contributed by atoms with Crippen LogP contribution in [0.25, 0.3) is 0 Å². The fourth-order valence-electron chi connectivity index (χ4n) is 1.31. The van der Waals surface area contributed by atoms with Crippen LogP contribution < -0.4 is 10.5 Å². The van der Waals surface area contributed by atoms with Gasteiger partial charge in [0.25, 0.3) is 0 Å². The monoisotopic (exact) mass is 288 g/mol. The van der Waals surface area contributed by atoms with Gasteiger partial charge in [0.05, 0.1) is 5.69 Å².